The van der Waals surface area contributed by atoms with Gasteiger partial charge >= 0.3 is 6.72 Å². The Labute approximate surface area is 95.8 Å². The van der Waals surface area contributed by atoms with E-state index in [1.807, 2.05) is 0 Å². The van der Waals surface area contributed by atoms with E-state index in [9.17, 15) is 4.89 Å². The predicted octanol–water partition coefficient (Wildman–Crippen LogP) is 0.604. The summed E-state index contributed by atoms with van der Waals surface area (Å²) in [4.78, 5) is 9.32. The van der Waals surface area contributed by atoms with Gasteiger partial charge in [-0.3, -0.25) is 0 Å². The summed E-state index contributed by atoms with van der Waals surface area (Å²) < 4.78 is 9.65. The van der Waals surface area contributed by atoms with Crippen LogP contribution in [0, 0.1) is 5.92 Å². The third-order valence-corrected chi connectivity index (χ3v) is 3.73. The molecule has 2 unspecified atom stereocenters. The molecule has 0 bridgehead atoms. The highest BCUT2D eigenvalue weighted by atomic mass is 32.5. The van der Waals surface area contributed by atoms with Crippen molar-refractivity contribution >= 4 is 18.5 Å². The number of aliphatic hydroxyl groups is 1. The fraction of sp³-hybridized carbons (Fsp3) is 1.00. The largest absolute Gasteiger partial charge is 0.396 e. The van der Waals surface area contributed by atoms with E-state index < -0.39 is 6.72 Å². The first-order valence-corrected chi connectivity index (χ1v) is 7.48. The maximum absolute atomic E-state index is 9.32. The Morgan fingerprint density at radius 1 is 1.47 bits per heavy atom. The van der Waals surface area contributed by atoms with Gasteiger partial charge in [-0.15, -0.1) is 0 Å². The lowest BCUT2D eigenvalue weighted by atomic mass is 10.0. The van der Waals surface area contributed by atoms with Gasteiger partial charge in [-0.1, -0.05) is 6.42 Å². The molecule has 4 N–H and O–H groups in total. The maximum Gasteiger partial charge on any atom is 0.324 e. The van der Waals surface area contributed by atoms with Gasteiger partial charge < -0.3 is 24.8 Å². The van der Waals surface area contributed by atoms with Crippen molar-refractivity contribution in [1.82, 2.24) is 0 Å². The summed E-state index contributed by atoms with van der Waals surface area (Å²) >= 11 is 4.67. The zero-order valence-electron chi connectivity index (χ0n) is 8.96. The standard InChI is InChI=1S/C8H20NO4PS/c1-12-14(11,15)13-7-8(6-10)4-2-3-5-9/h8,10H,2-7,9H2,1H3,(H,11,15). The number of rotatable bonds is 9. The molecule has 0 fully saturated rings. The Hall–Kier alpha value is 0.450. The summed E-state index contributed by atoms with van der Waals surface area (Å²) in [5.41, 5.74) is 5.36. The van der Waals surface area contributed by atoms with Crippen molar-refractivity contribution < 1.29 is 19.0 Å². The molecule has 0 rings (SSSR count). The Bertz CT molecular complexity index is 205. The molecule has 0 saturated heterocycles. The van der Waals surface area contributed by atoms with Crippen LogP contribution < -0.4 is 5.73 Å². The van der Waals surface area contributed by atoms with E-state index in [1.54, 1.807) is 0 Å². The van der Waals surface area contributed by atoms with Crippen LogP contribution in [0.2, 0.25) is 0 Å². The second-order valence-electron chi connectivity index (χ2n) is 3.28. The van der Waals surface area contributed by atoms with E-state index in [-0.39, 0.29) is 19.1 Å². The van der Waals surface area contributed by atoms with Crippen LogP contribution in [0.5, 0.6) is 0 Å². The van der Waals surface area contributed by atoms with Crippen LogP contribution in [0.1, 0.15) is 19.3 Å². The average Bonchev–Trinajstić information content (AvgIpc) is 2.23. The van der Waals surface area contributed by atoms with Gasteiger partial charge in [0, 0.05) is 19.6 Å². The third kappa shape index (κ3) is 8.28. The molecule has 2 atom stereocenters. The van der Waals surface area contributed by atoms with Crippen LogP contribution in [0.4, 0.5) is 0 Å². The zero-order chi connectivity index (χ0) is 11.7. The molecule has 0 aliphatic rings. The Balaban J connectivity index is 3.74. The highest BCUT2D eigenvalue weighted by molar-refractivity contribution is 8.07. The van der Waals surface area contributed by atoms with Crippen molar-refractivity contribution in [2.45, 2.75) is 19.3 Å². The minimum atomic E-state index is -3.08. The van der Waals surface area contributed by atoms with E-state index in [0.717, 1.165) is 19.3 Å². The number of nitrogens with two attached hydrogens (primary N) is 1. The summed E-state index contributed by atoms with van der Waals surface area (Å²) in [5, 5.41) is 9.04. The molecular weight excluding hydrogens is 237 g/mol. The number of hydrogen-bond donors (Lipinski definition) is 3. The molecule has 0 saturated carbocycles. The fourth-order valence-corrected chi connectivity index (χ4v) is 1.74. The fourth-order valence-electron chi connectivity index (χ4n) is 1.06. The highest BCUT2D eigenvalue weighted by Crippen LogP contribution is 2.42. The lowest BCUT2D eigenvalue weighted by Crippen LogP contribution is -2.14. The van der Waals surface area contributed by atoms with Gasteiger partial charge in [-0.2, -0.15) is 0 Å². The van der Waals surface area contributed by atoms with Gasteiger partial charge in [0.15, 0.2) is 0 Å². The van der Waals surface area contributed by atoms with Crippen LogP contribution in [-0.4, -0.2) is 36.9 Å². The lowest BCUT2D eigenvalue weighted by molar-refractivity contribution is 0.135. The monoisotopic (exact) mass is 257 g/mol. The first-order valence-electron chi connectivity index (χ1n) is 4.89. The van der Waals surface area contributed by atoms with Crippen LogP contribution >= 0.6 is 6.72 Å². The molecule has 5 nitrogen and oxygen atoms in total. The lowest BCUT2D eigenvalue weighted by Gasteiger charge is -2.18. The van der Waals surface area contributed by atoms with Gasteiger partial charge in [0.2, 0.25) is 0 Å². The number of unbranched alkanes of at least 4 members (excludes halogenated alkanes) is 1. The second kappa shape index (κ2) is 8.58. The van der Waals surface area contributed by atoms with Crippen molar-refractivity contribution in [2.75, 3.05) is 26.9 Å². The molecule has 0 amide bonds. The molecule has 0 heterocycles. The van der Waals surface area contributed by atoms with Gasteiger partial charge in [-0.05, 0) is 31.2 Å². The zero-order valence-corrected chi connectivity index (χ0v) is 10.7. The molecule has 0 aromatic rings. The minimum Gasteiger partial charge on any atom is -0.396 e. The summed E-state index contributed by atoms with van der Waals surface area (Å²) in [6.07, 6.45) is 2.67. The molecule has 92 valence electrons. The molecule has 0 radical (unpaired) electrons. The van der Waals surface area contributed by atoms with Crippen molar-refractivity contribution in [3.8, 4) is 0 Å². The summed E-state index contributed by atoms with van der Waals surface area (Å²) in [6.45, 7) is -2.19. The quantitative estimate of drug-likeness (QED) is 0.414. The first kappa shape index (κ1) is 15.4. The first-order chi connectivity index (χ1) is 7.05. The van der Waals surface area contributed by atoms with Crippen LogP contribution in [-0.2, 0) is 20.9 Å². The average molecular weight is 257 g/mol. The molecule has 0 aliphatic carbocycles. The summed E-state index contributed by atoms with van der Waals surface area (Å²) in [5.74, 6) is -0.0128. The molecule has 15 heavy (non-hydrogen) atoms. The third-order valence-electron chi connectivity index (χ3n) is 2.03. The molecule has 7 heteroatoms. The molecule has 0 aliphatic heterocycles. The van der Waals surface area contributed by atoms with Crippen LogP contribution in [0.15, 0.2) is 0 Å². The van der Waals surface area contributed by atoms with Gasteiger partial charge in [-0.25, -0.2) is 0 Å². The minimum absolute atomic E-state index is 0.0128. The van der Waals surface area contributed by atoms with E-state index in [1.165, 1.54) is 7.11 Å². The summed E-state index contributed by atoms with van der Waals surface area (Å²) in [7, 11) is 1.31. The van der Waals surface area contributed by atoms with E-state index >= 15 is 0 Å². The van der Waals surface area contributed by atoms with Crippen molar-refractivity contribution in [3.05, 3.63) is 0 Å². The molecular formula is C8H20NO4PS. The molecule has 0 aromatic heterocycles. The maximum atomic E-state index is 9.32. The van der Waals surface area contributed by atoms with Gasteiger partial charge in [0.1, 0.15) is 0 Å². The number of aliphatic hydroxyl groups excluding tert-OH is 1. The van der Waals surface area contributed by atoms with Crippen molar-refractivity contribution in [3.63, 3.8) is 0 Å². The molecule has 0 aromatic carbocycles. The highest BCUT2D eigenvalue weighted by Gasteiger charge is 2.16. The van der Waals surface area contributed by atoms with Gasteiger partial charge in [0.05, 0.1) is 6.61 Å². The van der Waals surface area contributed by atoms with Crippen LogP contribution in [0.25, 0.3) is 0 Å². The van der Waals surface area contributed by atoms with E-state index in [0.29, 0.717) is 6.54 Å². The van der Waals surface area contributed by atoms with Crippen LogP contribution in [0.3, 0.4) is 0 Å². The second-order valence-corrected chi connectivity index (χ2v) is 6.22. The normalized spacial score (nSPS) is 17.3. The van der Waals surface area contributed by atoms with E-state index in [2.05, 4.69) is 16.3 Å². The van der Waals surface area contributed by atoms with E-state index in [4.69, 9.17) is 15.4 Å². The smallest absolute Gasteiger partial charge is 0.324 e. The van der Waals surface area contributed by atoms with Crippen molar-refractivity contribution in [1.29, 1.82) is 0 Å². The Morgan fingerprint density at radius 2 is 2.13 bits per heavy atom. The van der Waals surface area contributed by atoms with Gasteiger partial charge in [0.25, 0.3) is 0 Å². The summed E-state index contributed by atoms with van der Waals surface area (Å²) in [6, 6.07) is 0. The predicted molar refractivity (Wildman–Crippen MR) is 62.9 cm³/mol. The Kier molecular flexibility index (Phi) is 8.84. The topological polar surface area (TPSA) is 84.9 Å². The SMILES string of the molecule is COP(O)(=S)OCC(CO)CCCCN. The molecule has 0 spiro atoms. The number of hydrogen-bond acceptors (Lipinski definition) is 5. The van der Waals surface area contributed by atoms with Crippen molar-refractivity contribution in [2.24, 2.45) is 11.7 Å². The Morgan fingerprint density at radius 3 is 2.60 bits per heavy atom.